The molecule has 0 spiro atoms. The van der Waals surface area contributed by atoms with Gasteiger partial charge in [0.2, 0.25) is 0 Å². The molecule has 2 atom stereocenters. The van der Waals surface area contributed by atoms with Crippen molar-refractivity contribution >= 4 is 16.5 Å². The highest BCUT2D eigenvalue weighted by atomic mass is 32.1. The van der Waals surface area contributed by atoms with Gasteiger partial charge in [-0.1, -0.05) is 6.92 Å². The number of fused-ring (bicyclic) bond motifs is 2. The zero-order valence-electron chi connectivity index (χ0n) is 12.5. The molecular formula is C13H19N5O3S. The van der Waals surface area contributed by atoms with Crippen LogP contribution in [0.15, 0.2) is 0 Å². The minimum absolute atomic E-state index is 0.528. The van der Waals surface area contributed by atoms with Crippen molar-refractivity contribution in [3.05, 3.63) is 30.9 Å². The van der Waals surface area contributed by atoms with Crippen molar-refractivity contribution < 1.29 is 5.09 Å². The van der Waals surface area contributed by atoms with Crippen LogP contribution in [0, 0.1) is 26.6 Å². The second-order valence-electron chi connectivity index (χ2n) is 5.60. The standard InChI is InChI=1S/C13H19N4S.NO3/c1-2-5-17-6-3-4-9-7-10-12(8-11(9)17)18-13(15-10)16-14;2-1(3)4/h9,11H,2-8H2,1H3;/q+1;-1/t9-,11-;/m1./s1. The van der Waals surface area contributed by atoms with E-state index in [2.05, 4.69) is 21.8 Å². The lowest BCUT2D eigenvalue weighted by Gasteiger charge is -2.42. The fraction of sp³-hybridized carbons (Fsp3) is 0.769. The Hall–Kier alpha value is -1.79. The van der Waals surface area contributed by atoms with E-state index in [-0.39, 0.29) is 0 Å². The number of piperidine rings is 1. The molecule has 0 unspecified atom stereocenters. The van der Waals surface area contributed by atoms with E-state index in [0.717, 1.165) is 18.8 Å². The molecule has 2 heterocycles. The number of likely N-dealkylation sites (tertiary alicyclic amines) is 1. The Morgan fingerprint density at radius 2 is 2.23 bits per heavy atom. The summed E-state index contributed by atoms with van der Waals surface area (Å²) in [6.45, 7) is 4.72. The fourth-order valence-electron chi connectivity index (χ4n) is 3.48. The van der Waals surface area contributed by atoms with E-state index < -0.39 is 5.09 Å². The van der Waals surface area contributed by atoms with Crippen LogP contribution in [-0.4, -0.2) is 34.1 Å². The van der Waals surface area contributed by atoms with Gasteiger partial charge in [0.05, 0.1) is 15.4 Å². The molecule has 2 aliphatic rings. The van der Waals surface area contributed by atoms with Crippen LogP contribution in [0.4, 0.5) is 5.13 Å². The van der Waals surface area contributed by atoms with Crippen LogP contribution in [0.5, 0.6) is 0 Å². The topological polar surface area (TPSA) is 110 Å². The van der Waals surface area contributed by atoms with E-state index in [0.29, 0.717) is 11.2 Å². The lowest BCUT2D eigenvalue weighted by molar-refractivity contribution is -0.402. The third kappa shape index (κ3) is 3.90. The summed E-state index contributed by atoms with van der Waals surface area (Å²) in [7, 11) is 0. The molecule has 0 bridgehead atoms. The molecule has 3 rings (SSSR count). The highest BCUT2D eigenvalue weighted by molar-refractivity contribution is 7.15. The van der Waals surface area contributed by atoms with Crippen LogP contribution in [0.3, 0.4) is 0 Å². The first-order valence-corrected chi connectivity index (χ1v) is 8.26. The number of aromatic nitrogens is 1. The highest BCUT2D eigenvalue weighted by Crippen LogP contribution is 2.39. The lowest BCUT2D eigenvalue weighted by Crippen LogP contribution is -2.49. The molecule has 0 amide bonds. The smallest absolute Gasteiger partial charge is 0.356 e. The van der Waals surface area contributed by atoms with Gasteiger partial charge in [-0.15, -0.1) is 0 Å². The Kier molecular flexibility index (Phi) is 5.63. The van der Waals surface area contributed by atoms with Crippen molar-refractivity contribution in [2.75, 3.05) is 13.1 Å². The minimum atomic E-state index is -1.75. The molecule has 1 aromatic rings. The second kappa shape index (κ2) is 7.47. The minimum Gasteiger partial charge on any atom is -0.356 e. The van der Waals surface area contributed by atoms with Gasteiger partial charge in [-0.3, -0.25) is 4.90 Å². The Bertz CT molecular complexity index is 565. The zero-order valence-corrected chi connectivity index (χ0v) is 13.3. The maximum Gasteiger partial charge on any atom is 0.523 e. The van der Waals surface area contributed by atoms with Crippen LogP contribution in [0.2, 0.25) is 0 Å². The number of diazo groups is 1. The molecular weight excluding hydrogens is 306 g/mol. The predicted molar refractivity (Wildman–Crippen MR) is 83.0 cm³/mol. The molecule has 1 saturated heterocycles. The third-order valence-electron chi connectivity index (χ3n) is 4.25. The normalized spacial score (nSPS) is 23.5. The van der Waals surface area contributed by atoms with Gasteiger partial charge >= 0.3 is 5.13 Å². The molecule has 22 heavy (non-hydrogen) atoms. The molecule has 1 aliphatic heterocycles. The largest absolute Gasteiger partial charge is 0.523 e. The van der Waals surface area contributed by atoms with Crippen LogP contribution in [0.25, 0.3) is 4.98 Å². The SMILES string of the molecule is CCCN1CCC[C@@H]2Cc3nc([N+]#N)sc3C[C@H]21.O=[N+]([O-])[O-]. The monoisotopic (exact) mass is 325 g/mol. The fourth-order valence-corrected chi connectivity index (χ4v) is 4.40. The van der Waals surface area contributed by atoms with Crippen LogP contribution in [-0.2, 0) is 12.8 Å². The molecule has 0 radical (unpaired) electrons. The van der Waals surface area contributed by atoms with Crippen molar-refractivity contribution in [3.63, 3.8) is 0 Å². The van der Waals surface area contributed by atoms with Gasteiger partial charge in [0, 0.05) is 23.9 Å². The molecule has 9 heteroatoms. The molecule has 0 N–H and O–H groups in total. The van der Waals surface area contributed by atoms with E-state index in [1.807, 2.05) is 0 Å². The average molecular weight is 325 g/mol. The third-order valence-corrected chi connectivity index (χ3v) is 5.25. The van der Waals surface area contributed by atoms with Gasteiger partial charge in [0.25, 0.3) is 0 Å². The van der Waals surface area contributed by atoms with Crippen molar-refractivity contribution in [1.82, 2.24) is 9.88 Å². The Morgan fingerprint density at radius 3 is 2.86 bits per heavy atom. The average Bonchev–Trinajstić information content (AvgIpc) is 2.87. The summed E-state index contributed by atoms with van der Waals surface area (Å²) in [4.78, 5) is 19.9. The van der Waals surface area contributed by atoms with Gasteiger partial charge < -0.3 is 15.3 Å². The second-order valence-corrected chi connectivity index (χ2v) is 6.67. The van der Waals surface area contributed by atoms with Crippen LogP contribution >= 0.6 is 11.3 Å². The zero-order chi connectivity index (χ0) is 16.1. The summed E-state index contributed by atoms with van der Waals surface area (Å²) < 4.78 is 0. The maximum atomic E-state index is 8.84. The number of rotatable bonds is 2. The van der Waals surface area contributed by atoms with Crippen molar-refractivity contribution in [1.29, 1.82) is 5.39 Å². The van der Waals surface area contributed by atoms with Crippen molar-refractivity contribution in [2.24, 2.45) is 5.92 Å². The van der Waals surface area contributed by atoms with Gasteiger partial charge in [-0.05, 0) is 54.6 Å². The molecule has 1 fully saturated rings. The lowest BCUT2D eigenvalue weighted by atomic mass is 9.79. The Labute approximate surface area is 132 Å². The van der Waals surface area contributed by atoms with Crippen LogP contribution in [0.1, 0.15) is 36.8 Å². The highest BCUT2D eigenvalue weighted by Gasteiger charge is 2.39. The number of thiazole rings is 1. The van der Waals surface area contributed by atoms with E-state index in [9.17, 15) is 0 Å². The summed E-state index contributed by atoms with van der Waals surface area (Å²) in [5.41, 5.74) is 1.19. The van der Waals surface area contributed by atoms with E-state index in [1.54, 1.807) is 11.3 Å². The van der Waals surface area contributed by atoms with Gasteiger partial charge in [0.15, 0.2) is 5.69 Å². The summed E-state index contributed by atoms with van der Waals surface area (Å²) in [5, 5.41) is 24.1. The molecule has 1 aromatic heterocycles. The van der Waals surface area contributed by atoms with Crippen molar-refractivity contribution in [2.45, 2.75) is 45.1 Å². The first kappa shape index (κ1) is 16.6. The number of hydrogen-bond acceptors (Lipinski definition) is 7. The van der Waals surface area contributed by atoms with Gasteiger partial charge in [-0.2, -0.15) is 0 Å². The first-order valence-electron chi connectivity index (χ1n) is 7.44. The predicted octanol–water partition coefficient (Wildman–Crippen LogP) is 2.98. The van der Waals surface area contributed by atoms with Crippen LogP contribution < -0.4 is 0 Å². The summed E-state index contributed by atoms with van der Waals surface area (Å²) in [6.07, 6.45) is 6.06. The summed E-state index contributed by atoms with van der Waals surface area (Å²) in [5.74, 6) is 0.756. The quantitative estimate of drug-likeness (QED) is 0.469. The first-order chi connectivity index (χ1) is 10.5. The van der Waals surface area contributed by atoms with Crippen molar-refractivity contribution in [3.8, 4) is 0 Å². The maximum absolute atomic E-state index is 8.84. The molecule has 0 saturated carbocycles. The molecule has 8 nitrogen and oxygen atoms in total. The van der Waals surface area contributed by atoms with E-state index in [4.69, 9.17) is 20.7 Å². The summed E-state index contributed by atoms with van der Waals surface area (Å²) in [6, 6.07) is 0.693. The van der Waals surface area contributed by atoms with Gasteiger partial charge in [-0.25, -0.2) is 0 Å². The number of nitrogens with zero attached hydrogens (tertiary/aromatic N) is 5. The molecule has 1 aliphatic carbocycles. The Morgan fingerprint density at radius 1 is 1.50 bits per heavy atom. The Balaban J connectivity index is 0.000000396. The van der Waals surface area contributed by atoms with E-state index in [1.165, 1.54) is 42.9 Å². The molecule has 120 valence electrons. The van der Waals surface area contributed by atoms with E-state index >= 15 is 0 Å². The molecule has 0 aromatic carbocycles. The van der Waals surface area contributed by atoms with Gasteiger partial charge in [0.1, 0.15) is 0 Å². The summed E-state index contributed by atoms with van der Waals surface area (Å²) >= 11 is 1.56. The number of hydrogen-bond donors (Lipinski definition) is 0.